The van der Waals surface area contributed by atoms with E-state index in [9.17, 15) is 4.79 Å². The van der Waals surface area contributed by atoms with Crippen LogP contribution < -0.4 is 0 Å². The molecule has 0 aromatic rings. The van der Waals surface area contributed by atoms with Gasteiger partial charge in [-0.2, -0.15) is 0 Å². The Bertz CT molecular complexity index is 294. The maximum atomic E-state index is 11.7. The minimum absolute atomic E-state index is 0.0299. The van der Waals surface area contributed by atoms with Crippen molar-refractivity contribution in [2.45, 2.75) is 52.4 Å². The van der Waals surface area contributed by atoms with Gasteiger partial charge < -0.3 is 4.74 Å². The van der Waals surface area contributed by atoms with Gasteiger partial charge in [-0.1, -0.05) is 31.4 Å². The maximum absolute atomic E-state index is 11.7. The first-order chi connectivity index (χ1) is 7.08. The lowest BCUT2D eigenvalue weighted by Crippen LogP contribution is -2.25. The Morgan fingerprint density at radius 2 is 1.88 bits per heavy atom. The third-order valence-electron chi connectivity index (χ3n) is 2.39. The summed E-state index contributed by atoms with van der Waals surface area (Å²) in [5, 5.41) is 0. The molecule has 1 aliphatic rings. The van der Waals surface area contributed by atoms with E-state index >= 15 is 0 Å². The lowest BCUT2D eigenvalue weighted by atomic mass is 10.2. The molecule has 92 valence electrons. The predicted octanol–water partition coefficient (Wildman–Crippen LogP) is 3.40. The molecular weight excluding hydrogens is 216 g/mol. The Kier molecular flexibility index (Phi) is 3.68. The summed E-state index contributed by atoms with van der Waals surface area (Å²) < 4.78 is 5.36. The maximum Gasteiger partial charge on any atom is 0.310 e. The number of hydrogen-bond acceptors (Lipinski definition) is 2. The Morgan fingerprint density at radius 3 is 2.31 bits per heavy atom. The van der Waals surface area contributed by atoms with Gasteiger partial charge in [0, 0.05) is 0 Å². The van der Waals surface area contributed by atoms with E-state index in [2.05, 4.69) is 31.4 Å². The molecule has 0 unspecified atom stereocenters. The predicted molar refractivity (Wildman–Crippen MR) is 69.9 cm³/mol. The van der Waals surface area contributed by atoms with Gasteiger partial charge in [-0.25, -0.2) is 0 Å². The van der Waals surface area contributed by atoms with Gasteiger partial charge in [0.1, 0.15) is 5.60 Å². The van der Waals surface area contributed by atoms with E-state index in [1.165, 1.54) is 0 Å². The monoisotopic (exact) mass is 240 g/mol. The molecule has 0 heterocycles. The Labute approximate surface area is 100 Å². The van der Waals surface area contributed by atoms with Gasteiger partial charge in [0.25, 0.3) is 0 Å². The number of rotatable bonds is 3. The SMILES string of the molecule is CC(C)(C)OC(=O)[C@@H]1C[C@H]1/C=C/[Si](C)(C)C. The van der Waals surface area contributed by atoms with Gasteiger partial charge in [-0.15, -0.1) is 0 Å². The third kappa shape index (κ3) is 4.97. The number of carbonyl (C=O) groups is 1. The summed E-state index contributed by atoms with van der Waals surface area (Å²) in [5.74, 6) is 0.520. The molecule has 16 heavy (non-hydrogen) atoms. The fraction of sp³-hybridized carbons (Fsp3) is 0.769. The van der Waals surface area contributed by atoms with Crippen LogP contribution in [0.4, 0.5) is 0 Å². The number of carbonyl (C=O) groups excluding carboxylic acids is 1. The van der Waals surface area contributed by atoms with Crippen LogP contribution in [0.2, 0.25) is 19.6 Å². The largest absolute Gasteiger partial charge is 0.460 e. The van der Waals surface area contributed by atoms with Gasteiger partial charge >= 0.3 is 5.97 Å². The normalized spacial score (nSPS) is 25.9. The Hall–Kier alpha value is -0.573. The van der Waals surface area contributed by atoms with Crippen molar-refractivity contribution in [2.24, 2.45) is 11.8 Å². The van der Waals surface area contributed by atoms with Crippen LogP contribution in [0.3, 0.4) is 0 Å². The zero-order chi connectivity index (χ0) is 12.6. The number of allylic oxidation sites excluding steroid dienone is 1. The number of hydrogen-bond donors (Lipinski definition) is 0. The first-order valence-corrected chi connectivity index (χ1v) is 9.58. The molecule has 2 nitrogen and oxygen atoms in total. The highest BCUT2D eigenvalue weighted by Gasteiger charge is 2.43. The smallest absolute Gasteiger partial charge is 0.310 e. The van der Waals surface area contributed by atoms with Crippen LogP contribution in [0.1, 0.15) is 27.2 Å². The van der Waals surface area contributed by atoms with Crippen molar-refractivity contribution >= 4 is 14.0 Å². The average molecular weight is 240 g/mol. The molecule has 1 saturated carbocycles. The first kappa shape index (κ1) is 13.5. The van der Waals surface area contributed by atoms with Crippen molar-refractivity contribution < 1.29 is 9.53 Å². The van der Waals surface area contributed by atoms with Gasteiger partial charge in [0.2, 0.25) is 0 Å². The van der Waals surface area contributed by atoms with Gasteiger partial charge in [0.05, 0.1) is 14.0 Å². The molecule has 2 atom stereocenters. The van der Waals surface area contributed by atoms with Crippen LogP contribution in [0.25, 0.3) is 0 Å². The molecule has 0 aromatic heterocycles. The summed E-state index contributed by atoms with van der Waals surface area (Å²) in [6.45, 7) is 12.7. The van der Waals surface area contributed by atoms with E-state index in [1.54, 1.807) is 0 Å². The minimum Gasteiger partial charge on any atom is -0.460 e. The lowest BCUT2D eigenvalue weighted by molar-refractivity contribution is -0.156. The van der Waals surface area contributed by atoms with Crippen molar-refractivity contribution in [2.75, 3.05) is 0 Å². The molecule has 0 aliphatic heterocycles. The lowest BCUT2D eigenvalue weighted by Gasteiger charge is -2.19. The minimum atomic E-state index is -1.12. The first-order valence-electron chi connectivity index (χ1n) is 6.01. The van der Waals surface area contributed by atoms with Gasteiger partial charge in [0.15, 0.2) is 0 Å². The van der Waals surface area contributed by atoms with Crippen LogP contribution >= 0.6 is 0 Å². The number of esters is 1. The molecular formula is C13H24O2Si. The Morgan fingerprint density at radius 1 is 1.31 bits per heavy atom. The second-order valence-corrected chi connectivity index (χ2v) is 11.8. The van der Waals surface area contributed by atoms with Crippen molar-refractivity contribution in [1.82, 2.24) is 0 Å². The molecule has 3 heteroatoms. The molecule has 0 amide bonds. The highest BCUT2D eigenvalue weighted by molar-refractivity contribution is 6.80. The summed E-state index contributed by atoms with van der Waals surface area (Å²) in [6, 6.07) is 0. The quantitative estimate of drug-likeness (QED) is 0.558. The molecule has 0 aromatic carbocycles. The van der Waals surface area contributed by atoms with Crippen molar-refractivity contribution in [3.05, 3.63) is 11.8 Å². The molecule has 0 spiro atoms. The summed E-state index contributed by atoms with van der Waals surface area (Å²) in [6.07, 6.45) is 3.19. The summed E-state index contributed by atoms with van der Waals surface area (Å²) in [4.78, 5) is 11.7. The fourth-order valence-electron chi connectivity index (χ4n) is 1.49. The van der Waals surface area contributed by atoms with Crippen molar-refractivity contribution in [3.63, 3.8) is 0 Å². The standard InChI is InChI=1S/C13H24O2Si/c1-13(2,3)15-12(14)11-9-10(11)7-8-16(4,5)6/h7-8,10-11H,9H2,1-6H3/b8-7+/t10-,11-/m1/s1. The van der Waals surface area contributed by atoms with Crippen LogP contribution in [0.5, 0.6) is 0 Å². The zero-order valence-electron chi connectivity index (χ0n) is 11.3. The van der Waals surface area contributed by atoms with Crippen LogP contribution in [-0.4, -0.2) is 19.6 Å². The van der Waals surface area contributed by atoms with E-state index in [0.717, 1.165) is 6.42 Å². The zero-order valence-corrected chi connectivity index (χ0v) is 12.3. The van der Waals surface area contributed by atoms with Crippen molar-refractivity contribution in [1.29, 1.82) is 0 Å². The van der Waals surface area contributed by atoms with Crippen LogP contribution in [-0.2, 0) is 9.53 Å². The van der Waals surface area contributed by atoms with E-state index in [1.807, 2.05) is 20.8 Å². The van der Waals surface area contributed by atoms with E-state index in [4.69, 9.17) is 4.74 Å². The van der Waals surface area contributed by atoms with E-state index in [-0.39, 0.29) is 17.5 Å². The third-order valence-corrected chi connectivity index (χ3v) is 3.59. The van der Waals surface area contributed by atoms with Gasteiger partial charge in [-0.05, 0) is 33.1 Å². The molecule has 1 aliphatic carbocycles. The topological polar surface area (TPSA) is 26.3 Å². The molecule has 1 rings (SSSR count). The highest BCUT2D eigenvalue weighted by Crippen LogP contribution is 2.41. The van der Waals surface area contributed by atoms with Gasteiger partial charge in [-0.3, -0.25) is 4.79 Å². The van der Waals surface area contributed by atoms with E-state index < -0.39 is 8.07 Å². The average Bonchev–Trinajstić information content (AvgIpc) is 2.74. The van der Waals surface area contributed by atoms with Crippen molar-refractivity contribution in [3.8, 4) is 0 Å². The molecule has 1 fully saturated rings. The molecule has 0 radical (unpaired) electrons. The Balaban J connectivity index is 2.40. The molecule has 0 N–H and O–H groups in total. The summed E-state index contributed by atoms with van der Waals surface area (Å²) >= 11 is 0. The highest BCUT2D eigenvalue weighted by atomic mass is 28.3. The molecule has 0 saturated heterocycles. The summed E-state index contributed by atoms with van der Waals surface area (Å²) in [5.41, 5.74) is 1.97. The molecule has 0 bridgehead atoms. The fourth-order valence-corrected chi connectivity index (χ4v) is 2.31. The second-order valence-electron chi connectivity index (χ2n) is 6.76. The van der Waals surface area contributed by atoms with Crippen LogP contribution in [0.15, 0.2) is 11.8 Å². The van der Waals surface area contributed by atoms with E-state index in [0.29, 0.717) is 5.92 Å². The number of ether oxygens (including phenoxy) is 1. The summed E-state index contributed by atoms with van der Waals surface area (Å²) in [7, 11) is -1.12. The second kappa shape index (κ2) is 4.36. The van der Waals surface area contributed by atoms with Crippen LogP contribution in [0, 0.1) is 11.8 Å².